The largest absolute Gasteiger partial charge is 0.443 e. The first-order chi connectivity index (χ1) is 7.47. The maximum atomic E-state index is 11.0. The van der Waals surface area contributed by atoms with Crippen molar-refractivity contribution < 1.29 is 23.6 Å². The summed E-state index contributed by atoms with van der Waals surface area (Å²) < 4.78 is 19.5. The number of ether oxygens (including phenoxy) is 1. The van der Waals surface area contributed by atoms with Crippen LogP contribution in [0.15, 0.2) is 30.3 Å². The van der Waals surface area contributed by atoms with E-state index >= 15 is 0 Å². The van der Waals surface area contributed by atoms with E-state index in [0.717, 1.165) is 12.2 Å². The van der Waals surface area contributed by atoms with Crippen molar-refractivity contribution in [2.24, 2.45) is 0 Å². The predicted octanol–water partition coefficient (Wildman–Crippen LogP) is 1.66. The van der Waals surface area contributed by atoms with Crippen LogP contribution in [0.25, 0.3) is 0 Å². The molecule has 0 saturated heterocycles. The Morgan fingerprint density at radius 2 is 2.06 bits per heavy atom. The highest BCUT2D eigenvalue weighted by Crippen LogP contribution is 2.34. The maximum absolute atomic E-state index is 11.0. The monoisotopic (exact) mass is 245 g/mol. The van der Waals surface area contributed by atoms with Crippen LogP contribution in [0.1, 0.15) is 5.56 Å². The quantitative estimate of drug-likeness (QED) is 0.622. The van der Waals surface area contributed by atoms with Gasteiger partial charge in [0.1, 0.15) is 6.61 Å². The van der Waals surface area contributed by atoms with Gasteiger partial charge in [-0.1, -0.05) is 30.3 Å². The second kappa shape index (κ2) is 5.65. The Labute approximate surface area is 92.7 Å². The van der Waals surface area contributed by atoms with Crippen LogP contribution in [-0.4, -0.2) is 17.7 Å². The topological polar surface area (TPSA) is 84.9 Å². The van der Waals surface area contributed by atoms with Crippen LogP contribution in [0.5, 0.6) is 0 Å². The molecule has 0 bridgehead atoms. The molecule has 2 N–H and O–H groups in total. The van der Waals surface area contributed by atoms with Gasteiger partial charge in [-0.15, -0.1) is 0 Å². The fourth-order valence-corrected chi connectivity index (χ4v) is 1.12. The third kappa shape index (κ3) is 5.50. The molecule has 0 aliphatic rings. The molecule has 0 heterocycles. The molecule has 1 aromatic carbocycles. The van der Waals surface area contributed by atoms with E-state index in [1.807, 2.05) is 6.07 Å². The molecule has 1 atom stereocenters. The molecule has 1 rings (SSSR count). The second-order valence-corrected chi connectivity index (χ2v) is 4.85. The van der Waals surface area contributed by atoms with Crippen LogP contribution < -0.4 is 5.48 Å². The number of hydroxylamine groups is 1. The van der Waals surface area contributed by atoms with Crippen molar-refractivity contribution in [3.05, 3.63) is 35.9 Å². The number of hydrogen-bond donors (Lipinski definition) is 2. The summed E-state index contributed by atoms with van der Waals surface area (Å²) in [5.74, 6) is 0. The first-order valence-corrected chi connectivity index (χ1v) is 6.45. The van der Waals surface area contributed by atoms with E-state index in [4.69, 9.17) is 9.63 Å². The Morgan fingerprint density at radius 3 is 2.62 bits per heavy atom. The van der Waals surface area contributed by atoms with E-state index in [-0.39, 0.29) is 6.61 Å². The molecule has 0 spiro atoms. The summed E-state index contributed by atoms with van der Waals surface area (Å²) in [6.45, 7) is 1.01. The van der Waals surface area contributed by atoms with Crippen molar-refractivity contribution in [2.75, 3.05) is 6.66 Å². The van der Waals surface area contributed by atoms with Crippen molar-refractivity contribution in [3.63, 3.8) is 0 Å². The summed E-state index contributed by atoms with van der Waals surface area (Å²) in [6, 6.07) is 9.02. The molecule has 1 amide bonds. The lowest BCUT2D eigenvalue weighted by Crippen LogP contribution is -2.23. The second-order valence-electron chi connectivity index (χ2n) is 3.06. The molecule has 7 heteroatoms. The predicted molar refractivity (Wildman–Crippen MR) is 56.6 cm³/mol. The molecule has 0 aliphatic carbocycles. The molecule has 0 aliphatic heterocycles. The first kappa shape index (κ1) is 12.7. The van der Waals surface area contributed by atoms with Crippen molar-refractivity contribution in [3.8, 4) is 0 Å². The lowest BCUT2D eigenvalue weighted by atomic mass is 10.2. The van der Waals surface area contributed by atoms with Gasteiger partial charge in [0.25, 0.3) is 0 Å². The zero-order chi connectivity index (χ0) is 12.0. The van der Waals surface area contributed by atoms with Crippen LogP contribution in [0, 0.1) is 0 Å². The SMILES string of the molecule is CP(=O)(O)ONC(=O)OCc1ccccc1. The summed E-state index contributed by atoms with van der Waals surface area (Å²) in [6.07, 6.45) is -0.917. The number of hydrogen-bond acceptors (Lipinski definition) is 4. The van der Waals surface area contributed by atoms with Gasteiger partial charge in [0.05, 0.1) is 0 Å². The number of nitrogens with one attached hydrogen (secondary N) is 1. The minimum Gasteiger partial charge on any atom is -0.443 e. The third-order valence-electron chi connectivity index (χ3n) is 1.51. The Morgan fingerprint density at radius 1 is 1.44 bits per heavy atom. The van der Waals surface area contributed by atoms with Gasteiger partial charge in [-0.25, -0.2) is 4.79 Å². The number of benzene rings is 1. The van der Waals surface area contributed by atoms with Gasteiger partial charge >= 0.3 is 13.7 Å². The van der Waals surface area contributed by atoms with Crippen molar-refractivity contribution >= 4 is 13.7 Å². The zero-order valence-corrected chi connectivity index (χ0v) is 9.52. The van der Waals surface area contributed by atoms with Gasteiger partial charge < -0.3 is 9.63 Å². The summed E-state index contributed by atoms with van der Waals surface area (Å²) >= 11 is 0. The Balaban J connectivity index is 2.29. The molecule has 0 fully saturated rings. The van der Waals surface area contributed by atoms with E-state index in [2.05, 4.69) is 4.62 Å². The van der Waals surface area contributed by atoms with Crippen molar-refractivity contribution in [1.29, 1.82) is 0 Å². The lowest BCUT2D eigenvalue weighted by molar-refractivity contribution is 0.0893. The molecule has 16 heavy (non-hydrogen) atoms. The number of carbonyl (C=O) groups excluding carboxylic acids is 1. The van der Waals surface area contributed by atoms with Crippen LogP contribution in [-0.2, 0) is 20.5 Å². The van der Waals surface area contributed by atoms with E-state index in [0.29, 0.717) is 0 Å². The first-order valence-electron chi connectivity index (χ1n) is 4.43. The Bertz CT molecular complexity index is 388. The normalized spacial score (nSPS) is 13.9. The average molecular weight is 245 g/mol. The highest BCUT2D eigenvalue weighted by molar-refractivity contribution is 7.51. The van der Waals surface area contributed by atoms with Gasteiger partial charge in [-0.2, -0.15) is 10.1 Å². The molecular formula is C9H12NO5P. The molecule has 1 unspecified atom stereocenters. The Hall–Kier alpha value is -1.36. The van der Waals surface area contributed by atoms with Crippen LogP contribution in [0.2, 0.25) is 0 Å². The average Bonchev–Trinajstić information content (AvgIpc) is 2.24. The van der Waals surface area contributed by atoms with E-state index in [1.165, 1.54) is 0 Å². The summed E-state index contributed by atoms with van der Waals surface area (Å²) in [4.78, 5) is 19.7. The zero-order valence-electron chi connectivity index (χ0n) is 8.62. The van der Waals surface area contributed by atoms with Gasteiger partial charge in [0.15, 0.2) is 0 Å². The van der Waals surface area contributed by atoms with Crippen LogP contribution in [0.4, 0.5) is 4.79 Å². The highest BCUT2D eigenvalue weighted by Gasteiger charge is 2.13. The number of amides is 1. The maximum Gasteiger partial charge on any atom is 0.432 e. The van der Waals surface area contributed by atoms with Gasteiger partial charge in [-0.3, -0.25) is 4.57 Å². The minimum absolute atomic E-state index is 0.0650. The van der Waals surface area contributed by atoms with E-state index in [9.17, 15) is 9.36 Å². The van der Waals surface area contributed by atoms with E-state index < -0.39 is 13.7 Å². The fraction of sp³-hybridized carbons (Fsp3) is 0.222. The molecule has 1 aromatic rings. The van der Waals surface area contributed by atoms with Gasteiger partial charge in [-0.05, 0) is 5.56 Å². The summed E-state index contributed by atoms with van der Waals surface area (Å²) in [5.41, 5.74) is 2.53. The minimum atomic E-state index is -3.73. The molecule has 0 saturated carbocycles. The molecule has 0 radical (unpaired) electrons. The third-order valence-corrected chi connectivity index (χ3v) is 1.94. The number of rotatable bonds is 4. The fourth-order valence-electron chi connectivity index (χ4n) is 0.875. The highest BCUT2D eigenvalue weighted by atomic mass is 31.2. The molecule has 6 nitrogen and oxygen atoms in total. The lowest BCUT2D eigenvalue weighted by Gasteiger charge is -2.08. The van der Waals surface area contributed by atoms with Gasteiger partial charge in [0.2, 0.25) is 0 Å². The molecular weight excluding hydrogens is 233 g/mol. The van der Waals surface area contributed by atoms with Gasteiger partial charge in [0, 0.05) is 6.66 Å². The van der Waals surface area contributed by atoms with Crippen molar-refractivity contribution in [1.82, 2.24) is 5.48 Å². The van der Waals surface area contributed by atoms with Crippen molar-refractivity contribution in [2.45, 2.75) is 6.61 Å². The summed E-state index contributed by atoms with van der Waals surface area (Å²) in [5, 5.41) is 0. The number of carbonyl (C=O) groups is 1. The van der Waals surface area contributed by atoms with Crippen LogP contribution in [0.3, 0.4) is 0 Å². The molecule has 88 valence electrons. The molecule has 0 aromatic heterocycles. The summed E-state index contributed by atoms with van der Waals surface area (Å²) in [7, 11) is -3.73. The van der Waals surface area contributed by atoms with E-state index in [1.54, 1.807) is 29.7 Å². The van der Waals surface area contributed by atoms with Crippen LogP contribution >= 0.6 is 7.60 Å². The Kier molecular flexibility index (Phi) is 4.49. The standard InChI is InChI=1S/C9H12NO5P/c1-16(12,13)15-10-9(11)14-7-8-5-3-2-4-6-8/h2-6H,7H2,1H3,(H,10,11)(H,12,13). The smallest absolute Gasteiger partial charge is 0.432 e.